The molecule has 2 heterocycles. The maximum Gasteiger partial charge on any atom is 0.287 e. The predicted octanol–water partition coefficient (Wildman–Crippen LogP) is 6.44. The molecule has 31 heavy (non-hydrogen) atoms. The van der Waals surface area contributed by atoms with Gasteiger partial charge in [0.2, 0.25) is 0 Å². The summed E-state index contributed by atoms with van der Waals surface area (Å²) >= 11 is 0. The van der Waals surface area contributed by atoms with E-state index in [9.17, 15) is 0 Å². The van der Waals surface area contributed by atoms with Gasteiger partial charge in [-0.15, -0.1) is 0 Å². The van der Waals surface area contributed by atoms with Crippen molar-refractivity contribution in [1.82, 2.24) is 4.98 Å². The standard InChI is InChI=1S/C28H27N2O/c1-16-20-11-5-9-18-10-6-12-21(25(18)20)28-24(16)27-26-22(29-15-30(27)2)13-19(14-23(26)31-28)17-7-3-4-8-17/h5,9,11,13-15,17H,3-4,6-8,10,12H2,1-2H3/q+1. The molecule has 2 aliphatic carbocycles. The minimum absolute atomic E-state index is 0.646. The van der Waals surface area contributed by atoms with Gasteiger partial charge in [0.05, 0.1) is 12.6 Å². The molecule has 0 bridgehead atoms. The van der Waals surface area contributed by atoms with Crippen LogP contribution in [-0.2, 0) is 19.9 Å². The molecule has 0 spiro atoms. The summed E-state index contributed by atoms with van der Waals surface area (Å²) < 4.78 is 9.05. The summed E-state index contributed by atoms with van der Waals surface area (Å²) in [6.45, 7) is 2.27. The van der Waals surface area contributed by atoms with Gasteiger partial charge >= 0.3 is 0 Å². The number of aryl methyl sites for hydroxylation is 4. The van der Waals surface area contributed by atoms with Crippen molar-refractivity contribution in [3.05, 3.63) is 58.9 Å². The molecule has 1 aromatic heterocycles. The maximum atomic E-state index is 6.85. The largest absolute Gasteiger partial charge is 0.455 e. The lowest BCUT2D eigenvalue weighted by molar-refractivity contribution is -0.662. The van der Waals surface area contributed by atoms with E-state index in [4.69, 9.17) is 9.72 Å². The molecular formula is C28H27N2O+. The van der Waals surface area contributed by atoms with E-state index >= 15 is 0 Å². The van der Waals surface area contributed by atoms with E-state index in [1.54, 1.807) is 0 Å². The lowest BCUT2D eigenvalue weighted by Crippen LogP contribution is -2.33. The molecule has 3 aliphatic rings. The summed E-state index contributed by atoms with van der Waals surface area (Å²) in [5, 5.41) is 3.99. The third kappa shape index (κ3) is 2.35. The highest BCUT2D eigenvalue weighted by Gasteiger charge is 2.34. The van der Waals surface area contributed by atoms with Gasteiger partial charge in [-0.1, -0.05) is 31.0 Å². The average Bonchev–Trinajstić information content (AvgIpc) is 3.34. The number of fused-ring (bicyclic) bond motifs is 3. The molecular weight excluding hydrogens is 380 g/mol. The maximum absolute atomic E-state index is 6.85. The van der Waals surface area contributed by atoms with E-state index < -0.39 is 0 Å². The number of rotatable bonds is 1. The number of hydrogen-bond acceptors (Lipinski definition) is 2. The van der Waals surface area contributed by atoms with E-state index in [0.717, 1.165) is 29.9 Å². The van der Waals surface area contributed by atoms with Crippen molar-refractivity contribution in [2.75, 3.05) is 0 Å². The van der Waals surface area contributed by atoms with Crippen LogP contribution in [0.5, 0.6) is 11.5 Å². The number of benzene rings is 3. The van der Waals surface area contributed by atoms with Gasteiger partial charge in [0.25, 0.3) is 6.33 Å². The third-order valence-electron chi connectivity index (χ3n) is 7.94. The van der Waals surface area contributed by atoms with Gasteiger partial charge in [-0.2, -0.15) is 0 Å². The summed E-state index contributed by atoms with van der Waals surface area (Å²) in [7, 11) is 2.12. The van der Waals surface area contributed by atoms with Gasteiger partial charge in [0.1, 0.15) is 16.9 Å². The van der Waals surface area contributed by atoms with Crippen LogP contribution in [0.25, 0.3) is 32.9 Å². The molecule has 7 rings (SSSR count). The summed E-state index contributed by atoms with van der Waals surface area (Å²) in [5.41, 5.74) is 9.19. The van der Waals surface area contributed by atoms with E-state index in [2.05, 4.69) is 48.9 Å². The molecule has 0 radical (unpaired) electrons. The second kappa shape index (κ2) is 6.29. The molecule has 3 nitrogen and oxygen atoms in total. The lowest BCUT2D eigenvalue weighted by atomic mass is 9.82. The van der Waals surface area contributed by atoms with Crippen molar-refractivity contribution in [3.63, 3.8) is 0 Å². The molecule has 1 fully saturated rings. The van der Waals surface area contributed by atoms with E-state index in [1.807, 2.05) is 6.33 Å². The first kappa shape index (κ1) is 17.7. The normalized spacial score (nSPS) is 17.2. The molecule has 3 heteroatoms. The Balaban J connectivity index is 1.60. The summed E-state index contributed by atoms with van der Waals surface area (Å²) in [6.07, 6.45) is 10.7. The minimum atomic E-state index is 0.646. The molecule has 1 aliphatic heterocycles. The summed E-state index contributed by atoms with van der Waals surface area (Å²) in [6, 6.07) is 11.5. The Labute approximate surface area is 182 Å². The average molecular weight is 408 g/mol. The van der Waals surface area contributed by atoms with Crippen LogP contribution in [0, 0.1) is 6.92 Å². The first-order valence-electron chi connectivity index (χ1n) is 11.8. The fraction of sp³-hybridized carbons (Fsp3) is 0.357. The predicted molar refractivity (Wildman–Crippen MR) is 124 cm³/mol. The van der Waals surface area contributed by atoms with E-state index in [0.29, 0.717) is 5.92 Å². The van der Waals surface area contributed by atoms with Gasteiger partial charge in [0.15, 0.2) is 11.2 Å². The van der Waals surface area contributed by atoms with Crippen molar-refractivity contribution in [2.24, 2.45) is 7.05 Å². The van der Waals surface area contributed by atoms with Crippen molar-refractivity contribution in [3.8, 4) is 22.8 Å². The van der Waals surface area contributed by atoms with Gasteiger partial charge in [-0.3, -0.25) is 0 Å². The molecule has 0 saturated heterocycles. The highest BCUT2D eigenvalue weighted by atomic mass is 16.5. The number of aromatic nitrogens is 2. The van der Waals surface area contributed by atoms with Gasteiger partial charge < -0.3 is 4.74 Å². The van der Waals surface area contributed by atoms with Crippen molar-refractivity contribution in [2.45, 2.75) is 57.8 Å². The quantitative estimate of drug-likeness (QED) is 0.299. The zero-order valence-electron chi connectivity index (χ0n) is 18.3. The fourth-order valence-corrected chi connectivity index (χ4v) is 6.47. The van der Waals surface area contributed by atoms with Gasteiger partial charge in [-0.25, -0.2) is 4.57 Å². The van der Waals surface area contributed by atoms with Crippen LogP contribution >= 0.6 is 0 Å². The Morgan fingerprint density at radius 3 is 2.77 bits per heavy atom. The molecule has 3 aromatic carbocycles. The Bertz CT molecular complexity index is 1410. The fourth-order valence-electron chi connectivity index (χ4n) is 6.47. The summed E-state index contributed by atoms with van der Waals surface area (Å²) in [4.78, 5) is 4.83. The van der Waals surface area contributed by atoms with Crippen LogP contribution in [0.1, 0.15) is 60.3 Å². The van der Waals surface area contributed by atoms with Crippen molar-refractivity contribution in [1.29, 1.82) is 0 Å². The minimum Gasteiger partial charge on any atom is -0.455 e. The van der Waals surface area contributed by atoms with Crippen LogP contribution in [0.3, 0.4) is 0 Å². The van der Waals surface area contributed by atoms with E-state index in [-0.39, 0.29) is 0 Å². The Kier molecular flexibility index (Phi) is 3.59. The smallest absolute Gasteiger partial charge is 0.287 e. The monoisotopic (exact) mass is 407 g/mol. The van der Waals surface area contributed by atoms with Crippen LogP contribution in [-0.4, -0.2) is 4.98 Å². The van der Waals surface area contributed by atoms with Crippen molar-refractivity contribution < 1.29 is 9.30 Å². The van der Waals surface area contributed by atoms with Crippen LogP contribution in [0.2, 0.25) is 0 Å². The summed E-state index contributed by atoms with van der Waals surface area (Å²) in [5.74, 6) is 2.74. The highest BCUT2D eigenvalue weighted by Crippen LogP contribution is 2.52. The molecule has 1 saturated carbocycles. The van der Waals surface area contributed by atoms with Gasteiger partial charge in [-0.05, 0) is 89.5 Å². The second-order valence-electron chi connectivity index (χ2n) is 9.70. The van der Waals surface area contributed by atoms with Crippen LogP contribution in [0.4, 0.5) is 0 Å². The van der Waals surface area contributed by atoms with Crippen molar-refractivity contribution >= 4 is 21.7 Å². The van der Waals surface area contributed by atoms with Crippen LogP contribution in [0.15, 0.2) is 36.7 Å². The lowest BCUT2D eigenvalue weighted by Gasteiger charge is -2.28. The number of hydrogen-bond donors (Lipinski definition) is 0. The molecule has 0 N–H and O–H groups in total. The number of ether oxygens (including phenoxy) is 1. The Hall–Kier alpha value is -2.94. The topological polar surface area (TPSA) is 26.0 Å². The number of nitrogens with zero attached hydrogens (tertiary/aromatic N) is 2. The first-order valence-corrected chi connectivity index (χ1v) is 11.8. The zero-order chi connectivity index (χ0) is 20.7. The van der Waals surface area contributed by atoms with Crippen LogP contribution < -0.4 is 9.30 Å². The Morgan fingerprint density at radius 2 is 1.90 bits per heavy atom. The molecule has 4 aromatic rings. The highest BCUT2D eigenvalue weighted by molar-refractivity contribution is 6.06. The molecule has 0 amide bonds. The molecule has 154 valence electrons. The van der Waals surface area contributed by atoms with E-state index in [1.165, 1.54) is 81.8 Å². The third-order valence-corrected chi connectivity index (χ3v) is 7.94. The molecule has 0 atom stereocenters. The Morgan fingerprint density at radius 1 is 1.03 bits per heavy atom. The second-order valence-corrected chi connectivity index (χ2v) is 9.70. The van der Waals surface area contributed by atoms with Gasteiger partial charge in [0, 0.05) is 5.56 Å². The molecule has 0 unspecified atom stereocenters. The zero-order valence-corrected chi connectivity index (χ0v) is 18.3. The SMILES string of the molecule is Cc1c2c(c3c4c(cccc14)CCC3)Oc1cc(C3CCCC3)cc3nc[n+](C)c-2c13. The first-order chi connectivity index (χ1) is 15.2.